The largest absolute Gasteiger partial charge is 0.353 e. The van der Waals surface area contributed by atoms with Crippen LogP contribution >= 0.6 is 0 Å². The first-order valence-corrected chi connectivity index (χ1v) is 7.06. The average Bonchev–Trinajstić information content (AvgIpc) is 2.30. The summed E-state index contributed by atoms with van der Waals surface area (Å²) < 4.78 is 0. The topological polar surface area (TPSA) is 45.4 Å². The van der Waals surface area contributed by atoms with Gasteiger partial charge in [-0.15, -0.1) is 0 Å². The minimum absolute atomic E-state index is 0.183. The molecule has 0 aliphatic carbocycles. The van der Waals surface area contributed by atoms with Gasteiger partial charge in [0.25, 0.3) is 0 Å². The van der Waals surface area contributed by atoms with Gasteiger partial charge in [-0.05, 0) is 52.9 Å². The van der Waals surface area contributed by atoms with Gasteiger partial charge >= 0.3 is 0 Å². The van der Waals surface area contributed by atoms with Crippen LogP contribution < -0.4 is 10.6 Å². The van der Waals surface area contributed by atoms with Gasteiger partial charge in [0.1, 0.15) is 5.82 Å². The van der Waals surface area contributed by atoms with Gasteiger partial charge in [-0.1, -0.05) is 6.07 Å². The van der Waals surface area contributed by atoms with Crippen LogP contribution in [0.3, 0.4) is 0 Å². The highest BCUT2D eigenvalue weighted by molar-refractivity contribution is 5.40. The number of hydrogen-bond donors (Lipinski definition) is 1. The number of pyridine rings is 1. The van der Waals surface area contributed by atoms with Crippen molar-refractivity contribution in [3.63, 3.8) is 0 Å². The standard InChI is InChI=1S/C15H28N4/c1-6-19(13(3)11-18(4)5)15-8-7-14(10-17-15)9-12(2)16/h7-8,10,12-13H,6,9,11,16H2,1-5H3. The lowest BCUT2D eigenvalue weighted by Gasteiger charge is -2.31. The Morgan fingerprint density at radius 3 is 2.37 bits per heavy atom. The number of hydrogen-bond acceptors (Lipinski definition) is 4. The Morgan fingerprint density at radius 1 is 1.26 bits per heavy atom. The highest BCUT2D eigenvalue weighted by Gasteiger charge is 2.14. The molecule has 1 heterocycles. The van der Waals surface area contributed by atoms with E-state index in [0.29, 0.717) is 6.04 Å². The Kier molecular flexibility index (Phi) is 6.25. The predicted octanol–water partition coefficient (Wildman–Crippen LogP) is 1.75. The summed E-state index contributed by atoms with van der Waals surface area (Å²) in [5.74, 6) is 1.05. The quantitative estimate of drug-likeness (QED) is 0.815. The first-order chi connectivity index (χ1) is 8.93. The summed E-state index contributed by atoms with van der Waals surface area (Å²) in [4.78, 5) is 9.12. The lowest BCUT2D eigenvalue weighted by molar-refractivity contribution is 0.372. The van der Waals surface area contributed by atoms with Crippen LogP contribution in [0.1, 0.15) is 26.3 Å². The maximum absolute atomic E-state index is 5.81. The summed E-state index contributed by atoms with van der Waals surface area (Å²) >= 11 is 0. The van der Waals surface area contributed by atoms with Crippen LogP contribution in [0.15, 0.2) is 18.3 Å². The number of anilines is 1. The van der Waals surface area contributed by atoms with Crippen molar-refractivity contribution < 1.29 is 0 Å². The van der Waals surface area contributed by atoms with Crippen molar-refractivity contribution in [3.8, 4) is 0 Å². The molecule has 1 aromatic rings. The molecule has 0 radical (unpaired) electrons. The van der Waals surface area contributed by atoms with Crippen LogP contribution in [-0.2, 0) is 6.42 Å². The second-order valence-corrected chi connectivity index (χ2v) is 5.60. The Bertz CT molecular complexity index is 359. The molecule has 19 heavy (non-hydrogen) atoms. The van der Waals surface area contributed by atoms with Crippen molar-refractivity contribution in [3.05, 3.63) is 23.9 Å². The van der Waals surface area contributed by atoms with Crippen molar-refractivity contribution in [1.29, 1.82) is 0 Å². The molecule has 108 valence electrons. The van der Waals surface area contributed by atoms with Gasteiger partial charge in [0.2, 0.25) is 0 Å². The van der Waals surface area contributed by atoms with Gasteiger partial charge in [0.05, 0.1) is 0 Å². The maximum Gasteiger partial charge on any atom is 0.128 e. The van der Waals surface area contributed by atoms with Crippen molar-refractivity contribution in [2.75, 3.05) is 32.1 Å². The van der Waals surface area contributed by atoms with Gasteiger partial charge in [-0.25, -0.2) is 4.98 Å². The summed E-state index contributed by atoms with van der Waals surface area (Å²) in [6.45, 7) is 8.42. The fourth-order valence-electron chi connectivity index (χ4n) is 2.41. The van der Waals surface area contributed by atoms with Crippen LogP contribution in [0.4, 0.5) is 5.82 Å². The normalized spacial score (nSPS) is 14.5. The molecule has 2 atom stereocenters. The fourth-order valence-corrected chi connectivity index (χ4v) is 2.41. The van der Waals surface area contributed by atoms with Crippen LogP contribution in [0.25, 0.3) is 0 Å². The molecule has 0 aromatic carbocycles. The third-order valence-corrected chi connectivity index (χ3v) is 3.16. The van der Waals surface area contributed by atoms with E-state index < -0.39 is 0 Å². The van der Waals surface area contributed by atoms with E-state index in [-0.39, 0.29) is 6.04 Å². The molecule has 1 rings (SSSR count). The molecule has 0 bridgehead atoms. The van der Waals surface area contributed by atoms with E-state index in [1.807, 2.05) is 13.1 Å². The number of nitrogens with two attached hydrogens (primary N) is 1. The lowest BCUT2D eigenvalue weighted by Crippen LogP contribution is -2.40. The number of aromatic nitrogens is 1. The van der Waals surface area contributed by atoms with Crippen LogP contribution in [0, 0.1) is 0 Å². The predicted molar refractivity (Wildman–Crippen MR) is 82.6 cm³/mol. The molecule has 4 nitrogen and oxygen atoms in total. The second kappa shape index (κ2) is 7.46. The fraction of sp³-hybridized carbons (Fsp3) is 0.667. The van der Waals surface area contributed by atoms with E-state index in [2.05, 4.69) is 54.9 Å². The van der Waals surface area contributed by atoms with E-state index in [4.69, 9.17) is 5.73 Å². The van der Waals surface area contributed by atoms with Crippen LogP contribution in [0.5, 0.6) is 0 Å². The van der Waals surface area contributed by atoms with E-state index >= 15 is 0 Å². The monoisotopic (exact) mass is 264 g/mol. The highest BCUT2D eigenvalue weighted by atomic mass is 15.2. The first-order valence-electron chi connectivity index (χ1n) is 7.06. The van der Waals surface area contributed by atoms with Gasteiger partial charge in [-0.2, -0.15) is 0 Å². The summed E-state index contributed by atoms with van der Waals surface area (Å²) in [6, 6.07) is 4.87. The molecule has 0 fully saturated rings. The Morgan fingerprint density at radius 2 is 1.95 bits per heavy atom. The number of rotatable bonds is 7. The van der Waals surface area contributed by atoms with Crippen molar-refractivity contribution in [2.24, 2.45) is 5.73 Å². The Hall–Kier alpha value is -1.13. The third-order valence-electron chi connectivity index (χ3n) is 3.16. The van der Waals surface area contributed by atoms with Gasteiger partial charge in [0, 0.05) is 31.4 Å². The highest BCUT2D eigenvalue weighted by Crippen LogP contribution is 2.15. The zero-order chi connectivity index (χ0) is 14.4. The molecule has 0 amide bonds. The third kappa shape index (κ3) is 5.17. The van der Waals surface area contributed by atoms with Gasteiger partial charge in [0.15, 0.2) is 0 Å². The Balaban J connectivity index is 2.76. The average molecular weight is 264 g/mol. The molecule has 2 N–H and O–H groups in total. The van der Waals surface area contributed by atoms with Crippen LogP contribution in [0.2, 0.25) is 0 Å². The van der Waals surface area contributed by atoms with E-state index in [0.717, 1.165) is 25.3 Å². The maximum atomic E-state index is 5.81. The van der Waals surface area contributed by atoms with E-state index in [9.17, 15) is 0 Å². The van der Waals surface area contributed by atoms with Crippen molar-refractivity contribution in [1.82, 2.24) is 9.88 Å². The van der Waals surface area contributed by atoms with Gasteiger partial charge < -0.3 is 15.5 Å². The van der Waals surface area contributed by atoms with Crippen LogP contribution in [-0.4, -0.2) is 49.2 Å². The molecule has 0 saturated carbocycles. The summed E-state index contributed by atoms with van der Waals surface area (Å²) in [6.07, 6.45) is 2.83. The molecule has 0 spiro atoms. The minimum atomic E-state index is 0.183. The first kappa shape index (κ1) is 15.9. The molecule has 0 aliphatic heterocycles. The second-order valence-electron chi connectivity index (χ2n) is 5.60. The molecule has 2 unspecified atom stereocenters. The SMILES string of the molecule is CCN(c1ccc(CC(C)N)cn1)C(C)CN(C)C. The molecule has 4 heteroatoms. The molecular formula is C15H28N4. The summed E-state index contributed by atoms with van der Waals surface area (Å²) in [5, 5.41) is 0. The molecule has 0 saturated heterocycles. The smallest absolute Gasteiger partial charge is 0.128 e. The van der Waals surface area contributed by atoms with Crippen molar-refractivity contribution >= 4 is 5.82 Å². The van der Waals surface area contributed by atoms with Crippen molar-refractivity contribution in [2.45, 2.75) is 39.3 Å². The van der Waals surface area contributed by atoms with Gasteiger partial charge in [-0.3, -0.25) is 0 Å². The molecule has 0 aliphatic rings. The number of nitrogens with zero attached hydrogens (tertiary/aromatic N) is 3. The summed E-state index contributed by atoms with van der Waals surface area (Å²) in [5.41, 5.74) is 7.01. The van der Waals surface area contributed by atoms with E-state index in [1.54, 1.807) is 0 Å². The summed E-state index contributed by atoms with van der Waals surface area (Å²) in [7, 11) is 4.20. The lowest BCUT2D eigenvalue weighted by atomic mass is 10.1. The zero-order valence-corrected chi connectivity index (χ0v) is 12.9. The zero-order valence-electron chi connectivity index (χ0n) is 12.9. The minimum Gasteiger partial charge on any atom is -0.353 e. The molecule has 1 aromatic heterocycles. The molecular weight excluding hydrogens is 236 g/mol. The number of likely N-dealkylation sites (N-methyl/N-ethyl adjacent to an activating group) is 2. The van der Waals surface area contributed by atoms with E-state index in [1.165, 1.54) is 5.56 Å². The Labute approximate surface area is 117 Å².